The molecule has 0 spiro atoms. The molecule has 0 saturated carbocycles. The van der Waals surface area contributed by atoms with Gasteiger partial charge < -0.3 is 10.5 Å². The number of amides is 1. The summed E-state index contributed by atoms with van der Waals surface area (Å²) in [5, 5.41) is 0. The van der Waals surface area contributed by atoms with Crippen LogP contribution in [0, 0.1) is 0 Å². The first kappa shape index (κ1) is 8.07. The second-order valence-electron chi connectivity index (χ2n) is 1.88. The van der Waals surface area contributed by atoms with Crippen LogP contribution in [0.5, 0.6) is 5.75 Å². The molecule has 0 bridgehead atoms. The van der Waals surface area contributed by atoms with E-state index in [0.717, 1.165) is 4.47 Å². The van der Waals surface area contributed by atoms with Crippen LogP contribution >= 0.6 is 15.9 Å². The molecule has 0 saturated heterocycles. The number of rotatable bonds is 1. The lowest BCUT2D eigenvalue weighted by molar-refractivity contribution is 0.211. The van der Waals surface area contributed by atoms with E-state index in [4.69, 9.17) is 5.73 Å². The third-order valence-electron chi connectivity index (χ3n) is 1.01. The van der Waals surface area contributed by atoms with E-state index in [-0.39, 0.29) is 0 Å². The highest BCUT2D eigenvalue weighted by Gasteiger charge is 1.97. The quantitative estimate of drug-likeness (QED) is 0.779. The maximum Gasteiger partial charge on any atom is 0.409 e. The molecule has 1 aromatic carbocycles. The van der Waals surface area contributed by atoms with Crippen molar-refractivity contribution in [1.82, 2.24) is 0 Å². The highest BCUT2D eigenvalue weighted by molar-refractivity contribution is 9.10. The maximum absolute atomic E-state index is 10.3. The molecular formula is C7H6BrNO2. The van der Waals surface area contributed by atoms with Gasteiger partial charge in [0.15, 0.2) is 0 Å². The number of nitrogens with two attached hydrogens (primary N) is 1. The van der Waals surface area contributed by atoms with E-state index in [2.05, 4.69) is 20.7 Å². The van der Waals surface area contributed by atoms with Gasteiger partial charge in [-0.1, -0.05) is 22.0 Å². The predicted molar refractivity (Wildman–Crippen MR) is 44.4 cm³/mol. The minimum Gasteiger partial charge on any atom is -0.410 e. The lowest BCUT2D eigenvalue weighted by atomic mass is 10.3. The zero-order chi connectivity index (χ0) is 8.27. The average molecular weight is 216 g/mol. The zero-order valence-corrected chi connectivity index (χ0v) is 7.17. The number of carbonyl (C=O) groups excluding carboxylic acids is 1. The minimum atomic E-state index is -0.803. The number of ether oxygens (including phenoxy) is 1. The molecule has 0 aromatic heterocycles. The molecule has 0 unspecified atom stereocenters. The molecule has 1 amide bonds. The van der Waals surface area contributed by atoms with Gasteiger partial charge in [-0.25, -0.2) is 4.79 Å². The molecule has 0 radical (unpaired) electrons. The molecule has 0 heterocycles. The van der Waals surface area contributed by atoms with E-state index in [9.17, 15) is 4.79 Å². The van der Waals surface area contributed by atoms with Crippen LogP contribution in [-0.4, -0.2) is 6.09 Å². The van der Waals surface area contributed by atoms with Gasteiger partial charge in [0.25, 0.3) is 0 Å². The number of benzene rings is 1. The normalized spacial score (nSPS) is 9.18. The Bertz CT molecular complexity index is 275. The Labute approximate surface area is 72.3 Å². The van der Waals surface area contributed by atoms with Crippen molar-refractivity contribution in [3.63, 3.8) is 0 Å². The SMILES string of the molecule is NC(=O)Oc1cccc(Br)c1. The Morgan fingerprint density at radius 3 is 2.82 bits per heavy atom. The monoisotopic (exact) mass is 215 g/mol. The number of hydrogen-bond donors (Lipinski definition) is 1. The molecule has 0 aliphatic rings. The van der Waals surface area contributed by atoms with E-state index in [1.807, 2.05) is 6.07 Å². The van der Waals surface area contributed by atoms with E-state index in [1.54, 1.807) is 18.2 Å². The molecule has 0 aliphatic heterocycles. The van der Waals surface area contributed by atoms with Crippen molar-refractivity contribution < 1.29 is 9.53 Å². The Kier molecular flexibility index (Phi) is 2.48. The average Bonchev–Trinajstić information content (AvgIpc) is 1.85. The van der Waals surface area contributed by atoms with Gasteiger partial charge in [0.1, 0.15) is 5.75 Å². The molecule has 0 aliphatic carbocycles. The Morgan fingerprint density at radius 1 is 1.55 bits per heavy atom. The lowest BCUT2D eigenvalue weighted by Gasteiger charge is -1.99. The summed E-state index contributed by atoms with van der Waals surface area (Å²) in [6, 6.07) is 6.89. The third-order valence-corrected chi connectivity index (χ3v) is 1.51. The second kappa shape index (κ2) is 3.39. The zero-order valence-electron chi connectivity index (χ0n) is 5.58. The van der Waals surface area contributed by atoms with Crippen molar-refractivity contribution in [3.8, 4) is 5.75 Å². The molecule has 3 nitrogen and oxygen atoms in total. The van der Waals surface area contributed by atoms with Gasteiger partial charge in [0.2, 0.25) is 0 Å². The third kappa shape index (κ3) is 2.59. The van der Waals surface area contributed by atoms with E-state index in [1.165, 1.54) is 0 Å². The van der Waals surface area contributed by atoms with Crippen molar-refractivity contribution >= 4 is 22.0 Å². The van der Waals surface area contributed by atoms with Gasteiger partial charge in [-0.05, 0) is 18.2 Å². The highest BCUT2D eigenvalue weighted by atomic mass is 79.9. The smallest absolute Gasteiger partial charge is 0.409 e. The van der Waals surface area contributed by atoms with Crippen LogP contribution in [0.4, 0.5) is 4.79 Å². The van der Waals surface area contributed by atoms with Crippen LogP contribution in [0.2, 0.25) is 0 Å². The summed E-state index contributed by atoms with van der Waals surface area (Å²) >= 11 is 3.22. The summed E-state index contributed by atoms with van der Waals surface area (Å²) in [5.41, 5.74) is 4.80. The summed E-state index contributed by atoms with van der Waals surface area (Å²) in [5.74, 6) is 0.437. The number of primary amides is 1. The Morgan fingerprint density at radius 2 is 2.27 bits per heavy atom. The van der Waals surface area contributed by atoms with Gasteiger partial charge in [-0.15, -0.1) is 0 Å². The van der Waals surface area contributed by atoms with Crippen LogP contribution < -0.4 is 10.5 Å². The van der Waals surface area contributed by atoms with Crippen molar-refractivity contribution in [1.29, 1.82) is 0 Å². The summed E-state index contributed by atoms with van der Waals surface area (Å²) in [6.45, 7) is 0. The first-order valence-corrected chi connectivity index (χ1v) is 3.70. The van der Waals surface area contributed by atoms with Crippen LogP contribution in [0.25, 0.3) is 0 Å². The van der Waals surface area contributed by atoms with Crippen molar-refractivity contribution in [2.24, 2.45) is 5.73 Å². The molecular weight excluding hydrogens is 210 g/mol. The summed E-state index contributed by atoms with van der Waals surface area (Å²) in [6.07, 6.45) is -0.803. The molecule has 4 heteroatoms. The molecule has 0 atom stereocenters. The van der Waals surface area contributed by atoms with Crippen molar-refractivity contribution in [2.45, 2.75) is 0 Å². The number of hydrogen-bond acceptors (Lipinski definition) is 2. The molecule has 11 heavy (non-hydrogen) atoms. The number of carbonyl (C=O) groups is 1. The minimum absolute atomic E-state index is 0.437. The van der Waals surface area contributed by atoms with E-state index < -0.39 is 6.09 Å². The van der Waals surface area contributed by atoms with Crippen molar-refractivity contribution in [3.05, 3.63) is 28.7 Å². The molecule has 58 valence electrons. The largest absolute Gasteiger partial charge is 0.410 e. The maximum atomic E-state index is 10.3. The molecule has 2 N–H and O–H groups in total. The highest BCUT2D eigenvalue weighted by Crippen LogP contribution is 2.17. The summed E-state index contributed by atoms with van der Waals surface area (Å²) in [7, 11) is 0. The van der Waals surface area contributed by atoms with Crippen LogP contribution in [-0.2, 0) is 0 Å². The first-order chi connectivity index (χ1) is 5.18. The van der Waals surface area contributed by atoms with Gasteiger partial charge in [0.05, 0.1) is 0 Å². The van der Waals surface area contributed by atoms with Gasteiger partial charge in [-0.3, -0.25) is 0 Å². The first-order valence-electron chi connectivity index (χ1n) is 2.91. The molecule has 1 aromatic rings. The van der Waals surface area contributed by atoms with Gasteiger partial charge >= 0.3 is 6.09 Å². The van der Waals surface area contributed by atoms with Gasteiger partial charge in [-0.2, -0.15) is 0 Å². The van der Waals surface area contributed by atoms with Crippen LogP contribution in [0.3, 0.4) is 0 Å². The Hall–Kier alpha value is -1.03. The topological polar surface area (TPSA) is 52.3 Å². The number of halogens is 1. The van der Waals surface area contributed by atoms with E-state index >= 15 is 0 Å². The Balaban J connectivity index is 2.79. The van der Waals surface area contributed by atoms with Crippen LogP contribution in [0.1, 0.15) is 0 Å². The summed E-state index contributed by atoms with van der Waals surface area (Å²) in [4.78, 5) is 10.3. The van der Waals surface area contributed by atoms with Gasteiger partial charge in [0, 0.05) is 4.47 Å². The fourth-order valence-electron chi connectivity index (χ4n) is 0.647. The predicted octanol–water partition coefficient (Wildman–Crippen LogP) is 1.91. The standard InChI is InChI=1S/C7H6BrNO2/c8-5-2-1-3-6(4-5)11-7(9)10/h1-4H,(H2,9,10). The van der Waals surface area contributed by atoms with Crippen molar-refractivity contribution in [2.75, 3.05) is 0 Å². The summed E-state index contributed by atoms with van der Waals surface area (Å²) < 4.78 is 5.45. The van der Waals surface area contributed by atoms with E-state index in [0.29, 0.717) is 5.75 Å². The second-order valence-corrected chi connectivity index (χ2v) is 2.79. The molecule has 1 rings (SSSR count). The molecule has 0 fully saturated rings. The fraction of sp³-hybridized carbons (Fsp3) is 0. The lowest BCUT2D eigenvalue weighted by Crippen LogP contribution is -2.16. The fourth-order valence-corrected chi connectivity index (χ4v) is 1.02. The van der Waals surface area contributed by atoms with Crippen LogP contribution in [0.15, 0.2) is 28.7 Å².